The number of carbonyl (C=O) groups is 3. The van der Waals surface area contributed by atoms with E-state index in [1.54, 1.807) is 42.1 Å². The van der Waals surface area contributed by atoms with Crippen molar-refractivity contribution in [3.63, 3.8) is 0 Å². The standard InChI is InChI=1S/3C24H27ClN2O4/c3*1-5-24(2,23(28)30-4)31-16-19-14-22(17-10-8-11-20(13-17)29-3)27(26-19)15-18-9-6-7-12-21(18)25/h3*6-14H,5,15-16H2,1-4H3/t2*24-;/m10./s1. The average Bonchev–Trinajstić information content (AvgIpc) is 1.71. The maximum Gasteiger partial charge on any atom is 0.337 e. The molecule has 0 aliphatic rings. The lowest BCUT2D eigenvalue weighted by Gasteiger charge is -2.24. The molecular formula is C72H81Cl3N6O12. The Hall–Kier alpha value is -8.49. The van der Waals surface area contributed by atoms with E-state index in [2.05, 4.69) is 0 Å². The monoisotopic (exact) mass is 1330 g/mol. The van der Waals surface area contributed by atoms with E-state index in [-0.39, 0.29) is 19.8 Å². The van der Waals surface area contributed by atoms with Gasteiger partial charge in [0.15, 0.2) is 16.8 Å². The topological polar surface area (TPSA) is 188 Å². The molecule has 492 valence electrons. The second-order valence-corrected chi connectivity index (χ2v) is 23.3. The molecule has 0 bridgehead atoms. The summed E-state index contributed by atoms with van der Waals surface area (Å²) in [6, 6.07) is 52.2. The number of aromatic nitrogens is 6. The SMILES string of the molecule is CCC(C)(OCc1cc(-c2cccc(OC)c2)n(Cc2ccccc2Cl)n1)C(=O)OC.CC[C@@](C)(OCc1cc(-c2cccc(OC)c2)n(Cc2ccccc2Cl)n1)C(=O)OC.CC[C@](C)(OCc1cc(-c2cccc(OC)c2)n(Cc2ccccc2Cl)n1)C(=O)OC. The quantitative estimate of drug-likeness (QED) is 0.0349. The van der Waals surface area contributed by atoms with Gasteiger partial charge < -0.3 is 42.6 Å². The number of carbonyl (C=O) groups excluding carboxylic acids is 3. The first-order valence-corrected chi connectivity index (χ1v) is 31.3. The first-order chi connectivity index (χ1) is 44.7. The molecule has 3 heterocycles. The van der Waals surface area contributed by atoms with E-state index in [4.69, 9.17) is 92.7 Å². The lowest BCUT2D eigenvalue weighted by molar-refractivity contribution is -0.170. The van der Waals surface area contributed by atoms with Crippen molar-refractivity contribution < 1.29 is 57.0 Å². The Bertz CT molecular complexity index is 3550. The van der Waals surface area contributed by atoms with Gasteiger partial charge in [0.05, 0.1) is 116 Å². The van der Waals surface area contributed by atoms with Crippen LogP contribution in [0.4, 0.5) is 0 Å². The zero-order valence-corrected chi connectivity index (χ0v) is 56.9. The molecule has 9 aromatic rings. The highest BCUT2D eigenvalue weighted by Gasteiger charge is 2.36. The summed E-state index contributed by atoms with van der Waals surface area (Å²) in [7, 11) is 8.99. The summed E-state index contributed by atoms with van der Waals surface area (Å²) in [5, 5.41) is 16.3. The molecule has 0 amide bonds. The van der Waals surface area contributed by atoms with Crippen LogP contribution in [0.25, 0.3) is 33.8 Å². The molecule has 3 aromatic heterocycles. The summed E-state index contributed by atoms with van der Waals surface area (Å²) in [4.78, 5) is 36.4. The molecule has 6 aromatic carbocycles. The third-order valence-electron chi connectivity index (χ3n) is 15.9. The zero-order chi connectivity index (χ0) is 67.3. The first kappa shape index (κ1) is 71.9. The normalized spacial score (nSPS) is 12.9. The van der Waals surface area contributed by atoms with Crippen LogP contribution in [0.15, 0.2) is 164 Å². The average molecular weight is 1330 g/mol. The minimum atomic E-state index is -1.03. The molecule has 0 aliphatic heterocycles. The highest BCUT2D eigenvalue weighted by atomic mass is 35.5. The Labute approximate surface area is 559 Å². The fourth-order valence-corrected chi connectivity index (χ4v) is 10.2. The molecule has 21 heteroatoms. The summed E-state index contributed by atoms with van der Waals surface area (Å²) >= 11 is 19.1. The van der Waals surface area contributed by atoms with Crippen LogP contribution in [0, 0.1) is 0 Å². The van der Waals surface area contributed by atoms with Crippen LogP contribution in [0.3, 0.4) is 0 Å². The van der Waals surface area contributed by atoms with Gasteiger partial charge in [-0.2, -0.15) is 15.3 Å². The van der Waals surface area contributed by atoms with E-state index in [1.807, 2.05) is 199 Å². The van der Waals surface area contributed by atoms with Gasteiger partial charge in [-0.15, -0.1) is 0 Å². The van der Waals surface area contributed by atoms with Crippen molar-refractivity contribution in [2.75, 3.05) is 42.7 Å². The Morgan fingerprint density at radius 1 is 0.376 bits per heavy atom. The summed E-state index contributed by atoms with van der Waals surface area (Å²) in [5.74, 6) is 1.05. The van der Waals surface area contributed by atoms with Crippen LogP contribution in [0.1, 0.15) is 94.6 Å². The molecular weight excluding hydrogens is 1250 g/mol. The minimum absolute atomic E-state index is 0.173. The van der Waals surface area contributed by atoms with Crippen molar-refractivity contribution in [3.8, 4) is 51.0 Å². The molecule has 3 atom stereocenters. The van der Waals surface area contributed by atoms with Gasteiger partial charge in [0.1, 0.15) is 17.2 Å². The maximum atomic E-state index is 12.1. The third-order valence-corrected chi connectivity index (χ3v) is 17.0. The number of ether oxygens (including phenoxy) is 9. The van der Waals surface area contributed by atoms with Crippen LogP contribution in [-0.2, 0) is 82.3 Å². The van der Waals surface area contributed by atoms with E-state index in [1.165, 1.54) is 21.3 Å². The van der Waals surface area contributed by atoms with Crippen molar-refractivity contribution in [1.82, 2.24) is 29.3 Å². The first-order valence-electron chi connectivity index (χ1n) is 30.2. The van der Waals surface area contributed by atoms with Crippen molar-refractivity contribution in [1.29, 1.82) is 0 Å². The van der Waals surface area contributed by atoms with Crippen LogP contribution in [-0.4, -0.2) is 107 Å². The van der Waals surface area contributed by atoms with Crippen molar-refractivity contribution in [2.24, 2.45) is 0 Å². The second kappa shape index (κ2) is 33.9. The number of rotatable bonds is 27. The van der Waals surface area contributed by atoms with Gasteiger partial charge in [-0.25, -0.2) is 14.4 Å². The van der Waals surface area contributed by atoms with Crippen molar-refractivity contribution >= 4 is 52.7 Å². The Morgan fingerprint density at radius 3 is 0.860 bits per heavy atom. The van der Waals surface area contributed by atoms with E-state index in [0.717, 1.165) is 67.7 Å². The summed E-state index contributed by atoms with van der Waals surface area (Å²) in [6.07, 6.45) is 1.47. The van der Waals surface area contributed by atoms with E-state index >= 15 is 0 Å². The maximum absolute atomic E-state index is 12.1. The number of hydrogen-bond acceptors (Lipinski definition) is 15. The molecule has 0 spiro atoms. The fraction of sp³-hybridized carbons (Fsp3) is 0.333. The Morgan fingerprint density at radius 2 is 0.634 bits per heavy atom. The van der Waals surface area contributed by atoms with E-state index in [0.29, 0.717) is 71.0 Å². The number of nitrogens with zero attached hydrogens (tertiary/aromatic N) is 6. The van der Waals surface area contributed by atoms with Gasteiger partial charge in [-0.3, -0.25) is 14.0 Å². The Kier molecular flexibility index (Phi) is 26.2. The highest BCUT2D eigenvalue weighted by Crippen LogP contribution is 2.33. The van der Waals surface area contributed by atoms with E-state index < -0.39 is 34.7 Å². The molecule has 1 unspecified atom stereocenters. The minimum Gasteiger partial charge on any atom is -0.497 e. The fourth-order valence-electron chi connectivity index (χ4n) is 9.66. The molecule has 9 rings (SSSR count). The lowest BCUT2D eigenvalue weighted by atomic mass is 10.0. The molecule has 0 radical (unpaired) electrons. The van der Waals surface area contributed by atoms with Gasteiger partial charge >= 0.3 is 17.9 Å². The molecule has 0 saturated carbocycles. The van der Waals surface area contributed by atoms with Gasteiger partial charge in [-0.05, 0) is 130 Å². The lowest BCUT2D eigenvalue weighted by Crippen LogP contribution is -2.38. The van der Waals surface area contributed by atoms with Crippen molar-refractivity contribution in [2.45, 2.75) is 117 Å². The predicted molar refractivity (Wildman–Crippen MR) is 361 cm³/mol. The molecule has 0 fully saturated rings. The smallest absolute Gasteiger partial charge is 0.337 e. The van der Waals surface area contributed by atoms with Crippen LogP contribution < -0.4 is 14.2 Å². The summed E-state index contributed by atoms with van der Waals surface area (Å²) in [5.41, 5.74) is 7.44. The van der Waals surface area contributed by atoms with Gasteiger partial charge in [-0.1, -0.05) is 147 Å². The summed E-state index contributed by atoms with van der Waals surface area (Å²) < 4.78 is 54.3. The second-order valence-electron chi connectivity index (χ2n) is 22.1. The van der Waals surface area contributed by atoms with Crippen LogP contribution in [0.5, 0.6) is 17.2 Å². The molecule has 93 heavy (non-hydrogen) atoms. The van der Waals surface area contributed by atoms with Gasteiger partial charge in [0.2, 0.25) is 0 Å². The number of benzene rings is 6. The van der Waals surface area contributed by atoms with Gasteiger partial charge in [0.25, 0.3) is 0 Å². The Balaban J connectivity index is 0.000000198. The van der Waals surface area contributed by atoms with Crippen LogP contribution >= 0.6 is 34.8 Å². The molecule has 0 aliphatic carbocycles. The zero-order valence-electron chi connectivity index (χ0n) is 54.7. The molecule has 0 N–H and O–H groups in total. The number of halogens is 3. The number of hydrogen-bond donors (Lipinski definition) is 0. The summed E-state index contributed by atoms with van der Waals surface area (Å²) in [6.45, 7) is 12.8. The largest absolute Gasteiger partial charge is 0.497 e. The number of methoxy groups -OCH3 is 6. The van der Waals surface area contributed by atoms with Crippen molar-refractivity contribution in [3.05, 3.63) is 213 Å². The molecule has 18 nitrogen and oxygen atoms in total. The predicted octanol–water partition coefficient (Wildman–Crippen LogP) is 15.4. The van der Waals surface area contributed by atoms with Crippen LogP contribution in [0.2, 0.25) is 15.1 Å². The van der Waals surface area contributed by atoms with E-state index in [9.17, 15) is 14.4 Å². The number of esters is 3. The third kappa shape index (κ3) is 18.9. The highest BCUT2D eigenvalue weighted by molar-refractivity contribution is 6.32. The van der Waals surface area contributed by atoms with Gasteiger partial charge in [0, 0.05) is 31.8 Å². The molecule has 0 saturated heterocycles.